The van der Waals surface area contributed by atoms with Crippen LogP contribution >= 0.6 is 11.6 Å². The maximum atomic E-state index is 12.4. The van der Waals surface area contributed by atoms with Crippen molar-refractivity contribution < 1.29 is 17.9 Å². The van der Waals surface area contributed by atoms with Crippen molar-refractivity contribution in [2.45, 2.75) is 18.7 Å². The smallest absolute Gasteiger partial charge is 0.242 e. The van der Waals surface area contributed by atoms with E-state index < -0.39 is 10.0 Å². The molecule has 0 bridgehead atoms. The summed E-state index contributed by atoms with van der Waals surface area (Å²) in [6.07, 6.45) is 0. The number of nitrogens with zero attached hydrogens (tertiary/aromatic N) is 1. The van der Waals surface area contributed by atoms with Crippen molar-refractivity contribution in [2.24, 2.45) is 0 Å². The number of sulfonamides is 1. The molecule has 0 unspecified atom stereocenters. The fourth-order valence-corrected chi connectivity index (χ4v) is 4.03. The number of rotatable bonds is 7. The lowest BCUT2D eigenvalue weighted by Gasteiger charge is -2.24. The normalized spacial score (nSPS) is 11.2. The number of anilines is 1. The maximum Gasteiger partial charge on any atom is 0.242 e. The Hall–Kier alpha value is -2.09. The van der Waals surface area contributed by atoms with Crippen LogP contribution in [-0.2, 0) is 14.8 Å². The molecule has 0 aliphatic rings. The van der Waals surface area contributed by atoms with Crippen molar-refractivity contribution in [1.29, 1.82) is 0 Å². The van der Waals surface area contributed by atoms with Crippen molar-refractivity contribution in [3.05, 3.63) is 53.1 Å². The predicted molar refractivity (Wildman–Crippen MR) is 102 cm³/mol. The van der Waals surface area contributed by atoms with Gasteiger partial charge in [0.2, 0.25) is 15.9 Å². The first-order valence-electron chi connectivity index (χ1n) is 7.93. The zero-order valence-corrected chi connectivity index (χ0v) is 16.4. The third-order valence-corrected chi connectivity index (χ3v) is 5.72. The van der Waals surface area contributed by atoms with Gasteiger partial charge < -0.3 is 9.64 Å². The molecule has 0 atom stereocenters. The summed E-state index contributed by atoms with van der Waals surface area (Å²) < 4.78 is 32.6. The molecule has 0 aliphatic carbocycles. The molecule has 1 N–H and O–H groups in total. The van der Waals surface area contributed by atoms with Crippen molar-refractivity contribution in [2.75, 3.05) is 25.1 Å². The van der Waals surface area contributed by atoms with Crippen LogP contribution in [0.2, 0.25) is 5.02 Å². The molecule has 1 amide bonds. The summed E-state index contributed by atoms with van der Waals surface area (Å²) in [5.41, 5.74) is 1.56. The molecule has 8 heteroatoms. The molecule has 2 aromatic rings. The average Bonchev–Trinajstić information content (AvgIpc) is 2.58. The first-order chi connectivity index (χ1) is 12.3. The Morgan fingerprint density at radius 3 is 2.54 bits per heavy atom. The molecule has 0 aromatic heterocycles. The number of amides is 1. The van der Waals surface area contributed by atoms with Gasteiger partial charge in [-0.2, -0.15) is 0 Å². The first-order valence-corrected chi connectivity index (χ1v) is 9.79. The maximum absolute atomic E-state index is 12.4. The molecule has 2 rings (SSSR count). The number of methoxy groups -OCH3 is 1. The van der Waals surface area contributed by atoms with Crippen LogP contribution in [0.4, 0.5) is 5.69 Å². The van der Waals surface area contributed by atoms with E-state index in [2.05, 4.69) is 4.72 Å². The van der Waals surface area contributed by atoms with E-state index in [9.17, 15) is 13.2 Å². The lowest BCUT2D eigenvalue weighted by Crippen LogP contribution is -2.37. The average molecular weight is 397 g/mol. The van der Waals surface area contributed by atoms with Crippen LogP contribution in [0.5, 0.6) is 5.75 Å². The van der Waals surface area contributed by atoms with Crippen molar-refractivity contribution in [1.82, 2.24) is 4.72 Å². The number of carbonyl (C=O) groups excluding carboxylic acids is 1. The summed E-state index contributed by atoms with van der Waals surface area (Å²) in [6, 6.07) is 11.7. The Morgan fingerprint density at radius 1 is 1.23 bits per heavy atom. The molecule has 0 radical (unpaired) electrons. The third-order valence-electron chi connectivity index (χ3n) is 3.76. The molecular weight excluding hydrogens is 376 g/mol. The minimum Gasteiger partial charge on any atom is -0.495 e. The van der Waals surface area contributed by atoms with E-state index in [0.717, 1.165) is 5.56 Å². The second-order valence-corrected chi connectivity index (χ2v) is 7.82. The van der Waals surface area contributed by atoms with Crippen LogP contribution in [0.15, 0.2) is 47.4 Å². The Bertz CT molecular complexity index is 900. The van der Waals surface area contributed by atoms with Gasteiger partial charge >= 0.3 is 0 Å². The van der Waals surface area contributed by atoms with Crippen LogP contribution in [0.1, 0.15) is 12.5 Å². The van der Waals surface area contributed by atoms with E-state index in [0.29, 0.717) is 11.4 Å². The lowest BCUT2D eigenvalue weighted by molar-refractivity contribution is -0.116. The standard InChI is InChI=1S/C18H21ClN2O4S/c1-13-8-9-17(25-3)16(12-13)21(14(2)22)11-10-20-26(23,24)18-7-5-4-6-15(18)19/h4-9,12,20H,10-11H2,1-3H3. The summed E-state index contributed by atoms with van der Waals surface area (Å²) in [5.74, 6) is 0.325. The molecule has 0 aliphatic heterocycles. The van der Waals surface area contributed by atoms with Gasteiger partial charge in [0.25, 0.3) is 0 Å². The number of benzene rings is 2. The lowest BCUT2D eigenvalue weighted by atomic mass is 10.2. The fraction of sp³-hybridized carbons (Fsp3) is 0.278. The highest BCUT2D eigenvalue weighted by atomic mass is 35.5. The molecule has 0 fully saturated rings. The number of ether oxygens (including phenoxy) is 1. The molecule has 0 heterocycles. The van der Waals surface area contributed by atoms with Crippen LogP contribution in [-0.4, -0.2) is 34.5 Å². The minimum atomic E-state index is -3.77. The van der Waals surface area contributed by atoms with Gasteiger partial charge in [0, 0.05) is 20.0 Å². The Balaban J connectivity index is 2.17. The van der Waals surface area contributed by atoms with Gasteiger partial charge in [0.1, 0.15) is 10.6 Å². The predicted octanol–water partition coefficient (Wildman–Crippen LogP) is 2.99. The topological polar surface area (TPSA) is 75.7 Å². The zero-order chi connectivity index (χ0) is 19.3. The molecule has 0 saturated heterocycles. The Labute approximate surface area is 158 Å². The fourth-order valence-electron chi connectivity index (χ4n) is 2.49. The second kappa shape index (κ2) is 8.53. The van der Waals surface area contributed by atoms with E-state index in [1.54, 1.807) is 18.2 Å². The van der Waals surface area contributed by atoms with Crippen molar-refractivity contribution in [3.8, 4) is 5.75 Å². The third kappa shape index (κ3) is 4.75. The highest BCUT2D eigenvalue weighted by Gasteiger charge is 2.20. The molecule has 0 saturated carbocycles. The summed E-state index contributed by atoms with van der Waals surface area (Å²) in [5, 5.41) is 0.142. The van der Waals surface area contributed by atoms with E-state index in [1.165, 1.54) is 31.1 Å². The van der Waals surface area contributed by atoms with Crippen LogP contribution < -0.4 is 14.4 Å². The number of halogens is 1. The van der Waals surface area contributed by atoms with Gasteiger partial charge in [-0.15, -0.1) is 0 Å². The van der Waals surface area contributed by atoms with E-state index in [4.69, 9.17) is 16.3 Å². The molecule has 6 nitrogen and oxygen atoms in total. The Kier molecular flexibility index (Phi) is 6.63. The summed E-state index contributed by atoms with van der Waals surface area (Å²) in [6.45, 7) is 3.51. The first kappa shape index (κ1) is 20.2. The quantitative estimate of drug-likeness (QED) is 0.780. The van der Waals surface area contributed by atoms with Crippen LogP contribution in [0, 0.1) is 6.92 Å². The molecule has 0 spiro atoms. The molecular formula is C18H21ClN2O4S. The van der Waals surface area contributed by atoms with Gasteiger partial charge in [0.15, 0.2) is 0 Å². The number of hydrogen-bond donors (Lipinski definition) is 1. The summed E-state index contributed by atoms with van der Waals surface area (Å²) in [4.78, 5) is 13.6. The monoisotopic (exact) mass is 396 g/mol. The Morgan fingerprint density at radius 2 is 1.92 bits per heavy atom. The number of aryl methyl sites for hydroxylation is 1. The summed E-state index contributed by atoms with van der Waals surface area (Å²) >= 11 is 5.95. The van der Waals surface area contributed by atoms with E-state index >= 15 is 0 Å². The van der Waals surface area contributed by atoms with Gasteiger partial charge in [-0.05, 0) is 36.8 Å². The minimum absolute atomic E-state index is 0.00387. The van der Waals surface area contributed by atoms with E-state index in [-0.39, 0.29) is 28.9 Å². The largest absolute Gasteiger partial charge is 0.495 e. The number of carbonyl (C=O) groups is 1. The second-order valence-electron chi connectivity index (χ2n) is 5.67. The zero-order valence-electron chi connectivity index (χ0n) is 14.8. The highest BCUT2D eigenvalue weighted by Crippen LogP contribution is 2.29. The van der Waals surface area contributed by atoms with Gasteiger partial charge in [0.05, 0.1) is 17.8 Å². The number of nitrogens with one attached hydrogen (secondary N) is 1. The van der Waals surface area contributed by atoms with Gasteiger partial charge in [-0.25, -0.2) is 13.1 Å². The van der Waals surface area contributed by atoms with Gasteiger partial charge in [-0.3, -0.25) is 4.79 Å². The van der Waals surface area contributed by atoms with Crippen LogP contribution in [0.3, 0.4) is 0 Å². The van der Waals surface area contributed by atoms with Crippen molar-refractivity contribution in [3.63, 3.8) is 0 Å². The SMILES string of the molecule is COc1ccc(C)cc1N(CCNS(=O)(=O)c1ccccc1Cl)C(C)=O. The van der Waals surface area contributed by atoms with Gasteiger partial charge in [-0.1, -0.05) is 29.8 Å². The molecule has 26 heavy (non-hydrogen) atoms. The number of hydrogen-bond acceptors (Lipinski definition) is 4. The van der Waals surface area contributed by atoms with Crippen LogP contribution in [0.25, 0.3) is 0 Å². The molecule has 2 aromatic carbocycles. The summed E-state index contributed by atoms with van der Waals surface area (Å²) in [7, 11) is -2.25. The molecule has 140 valence electrons. The van der Waals surface area contributed by atoms with E-state index in [1.807, 2.05) is 19.1 Å². The van der Waals surface area contributed by atoms with Crippen molar-refractivity contribution >= 4 is 33.2 Å². The highest BCUT2D eigenvalue weighted by molar-refractivity contribution is 7.89.